The molecule has 0 saturated heterocycles. The van der Waals surface area contributed by atoms with Crippen LogP contribution in [0.15, 0.2) is 59.1 Å². The van der Waals surface area contributed by atoms with Crippen molar-refractivity contribution in [2.24, 2.45) is 0 Å². The minimum Gasteiger partial charge on any atom is -0.349 e. The van der Waals surface area contributed by atoms with Crippen molar-refractivity contribution in [1.29, 1.82) is 10.5 Å². The molecule has 0 fully saturated rings. The largest absolute Gasteiger partial charge is 0.349 e. The summed E-state index contributed by atoms with van der Waals surface area (Å²) in [6.45, 7) is 0. The van der Waals surface area contributed by atoms with E-state index in [1.807, 2.05) is 48.5 Å². The summed E-state index contributed by atoms with van der Waals surface area (Å²) >= 11 is 13.3. The van der Waals surface area contributed by atoms with E-state index in [9.17, 15) is 0 Å². The lowest BCUT2D eigenvalue weighted by molar-refractivity contribution is 1.40. The molecule has 0 saturated carbocycles. The maximum atomic E-state index is 9.13. The van der Waals surface area contributed by atoms with Crippen molar-refractivity contribution < 1.29 is 0 Å². The molecule has 0 unspecified atom stereocenters. The highest BCUT2D eigenvalue weighted by Crippen LogP contribution is 2.29. The van der Waals surface area contributed by atoms with Crippen LogP contribution in [0.5, 0.6) is 0 Å². The van der Waals surface area contributed by atoms with Crippen molar-refractivity contribution in [3.8, 4) is 12.1 Å². The average molecular weight is 360 g/mol. The van der Waals surface area contributed by atoms with E-state index in [0.717, 1.165) is 11.3 Å². The molecule has 0 radical (unpaired) electrons. The molecule has 1 N–H and O–H groups in total. The predicted octanol–water partition coefficient (Wildman–Crippen LogP) is 5.60. The number of anilines is 1. The Balaban J connectivity index is 2.19. The second-order valence-electron chi connectivity index (χ2n) is 4.46. The molecular formula is C17H11Cl2N3S. The van der Waals surface area contributed by atoms with E-state index in [4.69, 9.17) is 33.7 Å². The Kier molecular flexibility index (Phi) is 6.38. The van der Waals surface area contributed by atoms with Crippen molar-refractivity contribution in [3.63, 3.8) is 0 Å². The summed E-state index contributed by atoms with van der Waals surface area (Å²) in [6.07, 6.45) is 0. The Hall–Kier alpha value is -2.11. The lowest BCUT2D eigenvalue weighted by Crippen LogP contribution is -2.00. The molecule has 0 aliphatic heterocycles. The molecule has 2 rings (SSSR count). The van der Waals surface area contributed by atoms with Gasteiger partial charge in [-0.15, -0.1) is 11.8 Å². The summed E-state index contributed by atoms with van der Waals surface area (Å²) in [7, 11) is 0. The van der Waals surface area contributed by atoms with E-state index >= 15 is 0 Å². The summed E-state index contributed by atoms with van der Waals surface area (Å²) in [4.78, 5) is 0. The molecular weight excluding hydrogens is 349 g/mol. The first kappa shape index (κ1) is 17.2. The first-order valence-corrected chi connectivity index (χ1v) is 8.31. The molecule has 0 spiro atoms. The summed E-state index contributed by atoms with van der Waals surface area (Å²) in [5.41, 5.74) is 1.80. The molecule has 0 bridgehead atoms. The molecule has 0 heterocycles. The van der Waals surface area contributed by atoms with E-state index in [-0.39, 0.29) is 5.57 Å². The third-order valence-electron chi connectivity index (χ3n) is 2.85. The predicted molar refractivity (Wildman–Crippen MR) is 96.1 cm³/mol. The molecule has 6 heteroatoms. The lowest BCUT2D eigenvalue weighted by Gasteiger charge is -2.11. The van der Waals surface area contributed by atoms with Gasteiger partial charge >= 0.3 is 0 Å². The molecule has 2 aromatic carbocycles. The van der Waals surface area contributed by atoms with Gasteiger partial charge in [0.05, 0.1) is 10.0 Å². The number of halogens is 2. The number of nitrogens with zero attached hydrogens (tertiary/aromatic N) is 2. The fourth-order valence-corrected chi connectivity index (χ4v) is 2.97. The van der Waals surface area contributed by atoms with Crippen LogP contribution in [0, 0.1) is 22.7 Å². The van der Waals surface area contributed by atoms with E-state index in [0.29, 0.717) is 20.8 Å². The Morgan fingerprint density at radius 2 is 1.70 bits per heavy atom. The monoisotopic (exact) mass is 359 g/mol. The van der Waals surface area contributed by atoms with Crippen LogP contribution in [0.25, 0.3) is 0 Å². The lowest BCUT2D eigenvalue weighted by atomic mass is 10.2. The third kappa shape index (κ3) is 4.94. The number of benzene rings is 2. The number of para-hydroxylation sites is 1. The summed E-state index contributed by atoms with van der Waals surface area (Å²) < 4.78 is 0. The number of allylic oxidation sites excluding steroid dienone is 1. The van der Waals surface area contributed by atoms with Crippen LogP contribution in [0.1, 0.15) is 5.56 Å². The maximum absolute atomic E-state index is 9.13. The molecule has 0 aliphatic carbocycles. The standard InChI is InChI=1S/C17H11Cl2N3S/c18-15-7-6-12(8-16(15)19)11-23-17(13(9-20)10-21)22-14-4-2-1-3-5-14/h1-8,22H,11H2. The van der Waals surface area contributed by atoms with Crippen molar-refractivity contribution in [3.05, 3.63) is 74.7 Å². The van der Waals surface area contributed by atoms with Gasteiger partial charge in [0.15, 0.2) is 5.57 Å². The SMILES string of the molecule is N#CC(C#N)=C(Nc1ccccc1)SCc1ccc(Cl)c(Cl)c1. The van der Waals surface area contributed by atoms with Gasteiger partial charge in [-0.05, 0) is 29.8 Å². The molecule has 2 aromatic rings. The third-order valence-corrected chi connectivity index (χ3v) is 4.66. The Morgan fingerprint density at radius 3 is 2.30 bits per heavy atom. The molecule has 0 atom stereocenters. The van der Waals surface area contributed by atoms with Gasteiger partial charge in [0, 0.05) is 11.4 Å². The van der Waals surface area contributed by atoms with Gasteiger partial charge in [-0.2, -0.15) is 10.5 Å². The number of rotatable bonds is 5. The zero-order valence-electron chi connectivity index (χ0n) is 11.9. The zero-order chi connectivity index (χ0) is 16.7. The second-order valence-corrected chi connectivity index (χ2v) is 6.26. The van der Waals surface area contributed by atoms with Crippen LogP contribution in [0.4, 0.5) is 5.69 Å². The van der Waals surface area contributed by atoms with Crippen LogP contribution >= 0.6 is 35.0 Å². The summed E-state index contributed by atoms with van der Waals surface area (Å²) in [6, 6.07) is 18.6. The van der Waals surface area contributed by atoms with Crippen molar-refractivity contribution in [1.82, 2.24) is 0 Å². The highest BCUT2D eigenvalue weighted by molar-refractivity contribution is 8.02. The number of hydrogen-bond donors (Lipinski definition) is 1. The number of thioether (sulfide) groups is 1. The van der Waals surface area contributed by atoms with Gasteiger partial charge in [0.1, 0.15) is 17.2 Å². The van der Waals surface area contributed by atoms with Crippen molar-refractivity contribution >= 4 is 40.7 Å². The minimum atomic E-state index is 0.0407. The van der Waals surface area contributed by atoms with E-state index in [1.165, 1.54) is 11.8 Å². The maximum Gasteiger partial charge on any atom is 0.159 e. The molecule has 114 valence electrons. The average Bonchev–Trinajstić information content (AvgIpc) is 2.57. The topological polar surface area (TPSA) is 59.6 Å². The highest BCUT2D eigenvalue weighted by atomic mass is 35.5. The molecule has 3 nitrogen and oxygen atoms in total. The van der Waals surface area contributed by atoms with Crippen molar-refractivity contribution in [2.75, 3.05) is 5.32 Å². The van der Waals surface area contributed by atoms with Gasteiger partial charge in [-0.1, -0.05) is 47.5 Å². The van der Waals surface area contributed by atoms with Gasteiger partial charge in [-0.25, -0.2) is 0 Å². The quantitative estimate of drug-likeness (QED) is 0.706. The number of nitriles is 2. The van der Waals surface area contributed by atoms with Crippen LogP contribution in [0.2, 0.25) is 10.0 Å². The van der Waals surface area contributed by atoms with Crippen LogP contribution < -0.4 is 5.32 Å². The van der Waals surface area contributed by atoms with Gasteiger partial charge in [0.2, 0.25) is 0 Å². The normalized spacial score (nSPS) is 9.57. The zero-order valence-corrected chi connectivity index (χ0v) is 14.2. The van der Waals surface area contributed by atoms with E-state index in [2.05, 4.69) is 5.32 Å². The highest BCUT2D eigenvalue weighted by Gasteiger charge is 2.09. The van der Waals surface area contributed by atoms with Gasteiger partial charge in [-0.3, -0.25) is 0 Å². The minimum absolute atomic E-state index is 0.0407. The van der Waals surface area contributed by atoms with Gasteiger partial charge in [0.25, 0.3) is 0 Å². The van der Waals surface area contributed by atoms with E-state index in [1.54, 1.807) is 12.1 Å². The molecule has 0 amide bonds. The fourth-order valence-electron chi connectivity index (χ4n) is 1.73. The summed E-state index contributed by atoms with van der Waals surface area (Å²) in [5.74, 6) is 0.554. The summed E-state index contributed by atoms with van der Waals surface area (Å²) in [5, 5.41) is 22.9. The number of hydrogen-bond acceptors (Lipinski definition) is 4. The van der Waals surface area contributed by atoms with E-state index < -0.39 is 0 Å². The van der Waals surface area contributed by atoms with Gasteiger partial charge < -0.3 is 5.32 Å². The second kappa shape index (κ2) is 8.50. The smallest absolute Gasteiger partial charge is 0.159 e. The fraction of sp³-hybridized carbons (Fsp3) is 0.0588. The Labute approximate surface area is 149 Å². The Morgan fingerprint density at radius 1 is 1.00 bits per heavy atom. The first-order valence-electron chi connectivity index (χ1n) is 6.57. The molecule has 0 aromatic heterocycles. The number of nitrogens with one attached hydrogen (secondary N) is 1. The van der Waals surface area contributed by atoms with Crippen molar-refractivity contribution in [2.45, 2.75) is 5.75 Å². The van der Waals surface area contributed by atoms with Crippen LogP contribution in [-0.2, 0) is 5.75 Å². The van der Waals surface area contributed by atoms with Crippen LogP contribution in [-0.4, -0.2) is 0 Å². The van der Waals surface area contributed by atoms with Crippen LogP contribution in [0.3, 0.4) is 0 Å². The Bertz CT molecular complexity index is 789. The molecule has 0 aliphatic rings. The molecule has 23 heavy (non-hydrogen) atoms. The first-order chi connectivity index (χ1) is 11.1.